The van der Waals surface area contributed by atoms with Crippen molar-refractivity contribution in [3.63, 3.8) is 0 Å². The highest BCUT2D eigenvalue weighted by atomic mass is 16.1. The number of hydrogen-bond acceptors (Lipinski definition) is 6. The molecule has 1 fully saturated rings. The van der Waals surface area contributed by atoms with Gasteiger partial charge in [0.25, 0.3) is 0 Å². The van der Waals surface area contributed by atoms with Crippen LogP contribution in [0.15, 0.2) is 30.7 Å². The van der Waals surface area contributed by atoms with E-state index < -0.39 is 0 Å². The summed E-state index contributed by atoms with van der Waals surface area (Å²) in [6, 6.07) is 6.36. The number of ketones is 1. The molecule has 0 aromatic carbocycles. The molecule has 1 saturated heterocycles. The number of piperidine rings is 1. The topological polar surface area (TPSA) is 108 Å². The number of carbonyl (C=O) groups is 1. The fourth-order valence-electron chi connectivity index (χ4n) is 4.82. The number of rotatable bonds is 7. The maximum absolute atomic E-state index is 12.8. The lowest BCUT2D eigenvalue weighted by atomic mass is 10.0. The quantitative estimate of drug-likeness (QED) is 0.452. The van der Waals surface area contributed by atoms with E-state index in [9.17, 15) is 4.79 Å². The van der Waals surface area contributed by atoms with Gasteiger partial charge >= 0.3 is 0 Å². The first-order valence-corrected chi connectivity index (χ1v) is 11.1. The first-order valence-electron chi connectivity index (χ1n) is 11.1. The minimum absolute atomic E-state index is 0.0693. The zero-order chi connectivity index (χ0) is 22.1. The van der Waals surface area contributed by atoms with E-state index in [1.54, 1.807) is 24.0 Å². The Labute approximate surface area is 185 Å². The molecule has 5 rings (SSSR count). The van der Waals surface area contributed by atoms with Crippen molar-refractivity contribution < 1.29 is 4.79 Å². The van der Waals surface area contributed by atoms with Crippen LogP contribution in [0.1, 0.15) is 48.0 Å². The standard InChI is InChI=1S/C23H26N8O/c1-29-19(6-11-27-29)20(32)3-4-21-28-18-15-26-23-17(5-10-25-23)22(18)31(21)16-7-13-30(14-8-16)12-2-9-24/h5-6,10-11,15-16H,2-4,7-8,12-14H2,1H3,(H,25,26). The van der Waals surface area contributed by atoms with Gasteiger partial charge in [0.05, 0.1) is 17.8 Å². The van der Waals surface area contributed by atoms with E-state index in [0.29, 0.717) is 31.0 Å². The van der Waals surface area contributed by atoms with Crippen LogP contribution in [0.3, 0.4) is 0 Å². The fraction of sp³-hybridized carbons (Fsp3) is 0.435. The average molecular weight is 431 g/mol. The van der Waals surface area contributed by atoms with Crippen molar-refractivity contribution >= 4 is 27.9 Å². The van der Waals surface area contributed by atoms with Crippen molar-refractivity contribution in [2.24, 2.45) is 7.05 Å². The highest BCUT2D eigenvalue weighted by molar-refractivity contribution is 6.01. The number of nitriles is 1. The summed E-state index contributed by atoms with van der Waals surface area (Å²) in [6.45, 7) is 2.74. The van der Waals surface area contributed by atoms with E-state index in [1.165, 1.54) is 0 Å². The first-order chi connectivity index (χ1) is 15.7. The van der Waals surface area contributed by atoms with Gasteiger partial charge in [0.1, 0.15) is 22.7 Å². The van der Waals surface area contributed by atoms with Gasteiger partial charge in [-0.05, 0) is 25.0 Å². The number of aromatic amines is 1. The largest absolute Gasteiger partial charge is 0.346 e. The number of nitrogens with one attached hydrogen (secondary N) is 1. The van der Waals surface area contributed by atoms with Gasteiger partial charge in [0, 0.05) is 69.8 Å². The third-order valence-electron chi connectivity index (χ3n) is 6.45. The average Bonchev–Trinajstić information content (AvgIpc) is 3.53. The summed E-state index contributed by atoms with van der Waals surface area (Å²) in [5.74, 6) is 1.00. The molecule has 0 unspecified atom stereocenters. The van der Waals surface area contributed by atoms with E-state index in [-0.39, 0.29) is 5.78 Å². The summed E-state index contributed by atoms with van der Waals surface area (Å²) < 4.78 is 3.97. The molecule has 0 spiro atoms. The molecule has 9 heteroatoms. The SMILES string of the molecule is Cn1nccc1C(=O)CCc1nc2cnc3[nH]ccc3c2n1C1CCN(CCC#N)CC1. The molecule has 1 aliphatic rings. The Balaban J connectivity index is 1.47. The third kappa shape index (κ3) is 3.67. The molecule has 0 aliphatic carbocycles. The molecule has 164 valence electrons. The molecule has 0 saturated carbocycles. The van der Waals surface area contributed by atoms with E-state index >= 15 is 0 Å². The van der Waals surface area contributed by atoms with Crippen molar-refractivity contribution in [2.75, 3.05) is 19.6 Å². The van der Waals surface area contributed by atoms with E-state index in [1.807, 2.05) is 12.4 Å². The molecule has 4 aromatic heterocycles. The highest BCUT2D eigenvalue weighted by Gasteiger charge is 2.26. The number of nitrogens with zero attached hydrogens (tertiary/aromatic N) is 7. The smallest absolute Gasteiger partial charge is 0.181 e. The lowest BCUT2D eigenvalue weighted by Gasteiger charge is -2.33. The van der Waals surface area contributed by atoms with Gasteiger partial charge in [-0.2, -0.15) is 10.4 Å². The van der Waals surface area contributed by atoms with Crippen molar-refractivity contribution in [1.29, 1.82) is 5.26 Å². The number of imidazole rings is 1. The summed E-state index contributed by atoms with van der Waals surface area (Å²) in [5.41, 5.74) is 3.43. The predicted octanol–water partition coefficient (Wildman–Crippen LogP) is 3.01. The van der Waals surface area contributed by atoms with E-state index in [0.717, 1.165) is 60.4 Å². The Kier molecular flexibility index (Phi) is 5.45. The summed E-state index contributed by atoms with van der Waals surface area (Å²) in [4.78, 5) is 27.8. The van der Waals surface area contributed by atoms with Gasteiger partial charge < -0.3 is 14.5 Å². The minimum Gasteiger partial charge on any atom is -0.346 e. The van der Waals surface area contributed by atoms with Crippen LogP contribution in [-0.2, 0) is 13.5 Å². The Hall–Kier alpha value is -3.51. The number of fused-ring (bicyclic) bond motifs is 3. The van der Waals surface area contributed by atoms with Crippen molar-refractivity contribution in [3.05, 3.63) is 42.2 Å². The molecule has 0 bridgehead atoms. The summed E-state index contributed by atoms with van der Waals surface area (Å²) in [6.07, 6.45) is 8.88. The van der Waals surface area contributed by atoms with Crippen LogP contribution in [0.2, 0.25) is 0 Å². The second kappa shape index (κ2) is 8.55. The Bertz CT molecular complexity index is 1300. The number of likely N-dealkylation sites (tertiary alicyclic amines) is 1. The van der Waals surface area contributed by atoms with Crippen LogP contribution in [0.5, 0.6) is 0 Å². The van der Waals surface area contributed by atoms with Crippen molar-refractivity contribution in [3.8, 4) is 6.07 Å². The second-order valence-corrected chi connectivity index (χ2v) is 8.37. The Morgan fingerprint density at radius 1 is 1.31 bits per heavy atom. The number of aromatic nitrogens is 6. The number of pyridine rings is 1. The lowest BCUT2D eigenvalue weighted by Crippen LogP contribution is -2.35. The van der Waals surface area contributed by atoms with Crippen molar-refractivity contribution in [1.82, 2.24) is 34.2 Å². The van der Waals surface area contributed by atoms with Crippen LogP contribution in [0, 0.1) is 11.3 Å². The number of aryl methyl sites for hydroxylation is 2. The van der Waals surface area contributed by atoms with Gasteiger partial charge in [-0.3, -0.25) is 9.48 Å². The third-order valence-corrected chi connectivity index (χ3v) is 6.45. The predicted molar refractivity (Wildman–Crippen MR) is 120 cm³/mol. The van der Waals surface area contributed by atoms with Crippen LogP contribution in [0.4, 0.5) is 0 Å². The monoisotopic (exact) mass is 430 g/mol. The Morgan fingerprint density at radius 2 is 2.16 bits per heavy atom. The fourth-order valence-corrected chi connectivity index (χ4v) is 4.82. The number of hydrogen-bond donors (Lipinski definition) is 1. The molecule has 4 aromatic rings. The number of H-pyrrole nitrogens is 1. The van der Waals surface area contributed by atoms with E-state index in [4.69, 9.17) is 10.2 Å². The van der Waals surface area contributed by atoms with Gasteiger partial charge in [-0.15, -0.1) is 0 Å². The van der Waals surface area contributed by atoms with Gasteiger partial charge in [-0.25, -0.2) is 9.97 Å². The summed E-state index contributed by atoms with van der Waals surface area (Å²) >= 11 is 0. The summed E-state index contributed by atoms with van der Waals surface area (Å²) in [7, 11) is 1.79. The molecule has 1 N–H and O–H groups in total. The zero-order valence-electron chi connectivity index (χ0n) is 18.2. The minimum atomic E-state index is 0.0693. The molecule has 5 heterocycles. The van der Waals surface area contributed by atoms with Crippen molar-refractivity contribution in [2.45, 2.75) is 38.1 Å². The molecule has 1 aliphatic heterocycles. The lowest BCUT2D eigenvalue weighted by molar-refractivity contribution is 0.0972. The van der Waals surface area contributed by atoms with Crippen LogP contribution >= 0.6 is 0 Å². The van der Waals surface area contributed by atoms with Crippen LogP contribution in [-0.4, -0.2) is 59.6 Å². The molecule has 0 radical (unpaired) electrons. The molecular formula is C23H26N8O. The maximum atomic E-state index is 12.8. The van der Waals surface area contributed by atoms with Gasteiger partial charge in [-0.1, -0.05) is 0 Å². The second-order valence-electron chi connectivity index (χ2n) is 8.37. The molecule has 0 amide bonds. The van der Waals surface area contributed by atoms with Gasteiger partial charge in [0.2, 0.25) is 0 Å². The Morgan fingerprint density at radius 3 is 2.91 bits per heavy atom. The summed E-state index contributed by atoms with van der Waals surface area (Å²) in [5, 5.41) is 14.1. The van der Waals surface area contributed by atoms with Crippen LogP contribution in [0.25, 0.3) is 22.1 Å². The zero-order valence-corrected chi connectivity index (χ0v) is 18.2. The first kappa shape index (κ1) is 20.4. The number of Topliss-reactive ketones (excluding diaryl/α,β-unsaturated/α-hetero) is 1. The molecule has 32 heavy (non-hydrogen) atoms. The normalized spacial score (nSPS) is 15.5. The van der Waals surface area contributed by atoms with Gasteiger partial charge in [0.15, 0.2) is 5.78 Å². The molecule has 0 atom stereocenters. The highest BCUT2D eigenvalue weighted by Crippen LogP contribution is 2.32. The van der Waals surface area contributed by atoms with E-state index in [2.05, 4.69) is 36.7 Å². The molecule has 9 nitrogen and oxygen atoms in total. The number of carbonyl (C=O) groups excluding carboxylic acids is 1. The van der Waals surface area contributed by atoms with Crippen LogP contribution < -0.4 is 0 Å². The maximum Gasteiger partial charge on any atom is 0.181 e. The molecular weight excluding hydrogens is 404 g/mol.